The van der Waals surface area contributed by atoms with E-state index < -0.39 is 9.84 Å². The molecule has 1 amide bonds. The van der Waals surface area contributed by atoms with Gasteiger partial charge in [-0.25, -0.2) is 8.42 Å². The maximum absolute atomic E-state index is 12.1. The number of nitriles is 1. The highest BCUT2D eigenvalue weighted by Gasteiger charge is 2.22. The van der Waals surface area contributed by atoms with Gasteiger partial charge in [0, 0.05) is 12.6 Å². The molecule has 7 heteroatoms. The number of hydrogen-bond acceptors (Lipinski definition) is 5. The highest BCUT2D eigenvalue weighted by molar-refractivity contribution is 7.91. The van der Waals surface area contributed by atoms with Crippen LogP contribution in [-0.4, -0.2) is 39.2 Å². The normalized spacial score (nSPS) is 14.4. The third-order valence-electron chi connectivity index (χ3n) is 3.10. The lowest BCUT2D eigenvalue weighted by Crippen LogP contribution is -2.36. The van der Waals surface area contributed by atoms with Gasteiger partial charge in [0.05, 0.1) is 28.8 Å². The summed E-state index contributed by atoms with van der Waals surface area (Å²) < 4.78 is 24.2. The van der Waals surface area contributed by atoms with Gasteiger partial charge in [0.2, 0.25) is 5.91 Å². The first-order chi connectivity index (χ1) is 10.0. The molecule has 1 aromatic rings. The summed E-state index contributed by atoms with van der Waals surface area (Å²) in [4.78, 5) is 11.5. The Kier molecular flexibility index (Phi) is 4.94. The first kappa shape index (κ1) is 15.5. The molecule has 1 aliphatic carbocycles. The number of nitrogens with zero attached hydrogens (tertiary/aromatic N) is 1. The minimum absolute atomic E-state index is 0.110. The molecule has 0 unspecified atom stereocenters. The van der Waals surface area contributed by atoms with Gasteiger partial charge in [-0.15, -0.1) is 0 Å². The van der Waals surface area contributed by atoms with Gasteiger partial charge in [-0.2, -0.15) is 5.26 Å². The van der Waals surface area contributed by atoms with Crippen molar-refractivity contribution in [3.05, 3.63) is 29.8 Å². The van der Waals surface area contributed by atoms with Crippen molar-refractivity contribution < 1.29 is 13.2 Å². The van der Waals surface area contributed by atoms with E-state index in [4.69, 9.17) is 5.26 Å². The highest BCUT2D eigenvalue weighted by Crippen LogP contribution is 2.18. The quantitative estimate of drug-likeness (QED) is 0.701. The molecule has 1 aliphatic rings. The average Bonchev–Trinajstić information content (AvgIpc) is 3.27. The molecule has 0 heterocycles. The third-order valence-corrected chi connectivity index (χ3v) is 4.81. The minimum Gasteiger partial charge on any atom is -0.352 e. The van der Waals surface area contributed by atoms with E-state index in [0.29, 0.717) is 11.6 Å². The van der Waals surface area contributed by atoms with Gasteiger partial charge in [0.25, 0.3) is 0 Å². The van der Waals surface area contributed by atoms with Crippen LogP contribution in [0.3, 0.4) is 0 Å². The Balaban J connectivity index is 1.80. The van der Waals surface area contributed by atoms with Crippen molar-refractivity contribution in [1.29, 1.82) is 5.26 Å². The van der Waals surface area contributed by atoms with Crippen molar-refractivity contribution in [2.45, 2.75) is 23.8 Å². The fourth-order valence-corrected chi connectivity index (χ4v) is 3.03. The predicted octanol–water partition coefficient (Wildman–Crippen LogP) is 0.200. The maximum atomic E-state index is 12.1. The van der Waals surface area contributed by atoms with Crippen molar-refractivity contribution in [3.63, 3.8) is 0 Å². The second kappa shape index (κ2) is 6.70. The predicted molar refractivity (Wildman–Crippen MR) is 77.2 cm³/mol. The van der Waals surface area contributed by atoms with E-state index in [2.05, 4.69) is 10.6 Å². The summed E-state index contributed by atoms with van der Waals surface area (Å²) in [7, 11) is -3.45. The first-order valence-corrected chi connectivity index (χ1v) is 8.39. The number of rotatable bonds is 7. The van der Waals surface area contributed by atoms with Gasteiger partial charge < -0.3 is 10.6 Å². The lowest BCUT2D eigenvalue weighted by Gasteiger charge is -2.07. The van der Waals surface area contributed by atoms with Gasteiger partial charge in [-0.3, -0.25) is 4.79 Å². The topological polar surface area (TPSA) is 99.1 Å². The van der Waals surface area contributed by atoms with Crippen LogP contribution in [0.2, 0.25) is 0 Å². The van der Waals surface area contributed by atoms with Crippen LogP contribution in [0, 0.1) is 11.3 Å². The largest absolute Gasteiger partial charge is 0.352 e. The summed E-state index contributed by atoms with van der Waals surface area (Å²) in [5, 5.41) is 14.4. The zero-order valence-electron chi connectivity index (χ0n) is 11.5. The zero-order valence-corrected chi connectivity index (χ0v) is 12.3. The molecular formula is C14H17N3O3S. The lowest BCUT2D eigenvalue weighted by atomic mass is 10.2. The third kappa shape index (κ3) is 4.85. The van der Waals surface area contributed by atoms with Gasteiger partial charge in [-0.1, -0.05) is 6.07 Å². The molecule has 21 heavy (non-hydrogen) atoms. The fourth-order valence-electron chi connectivity index (χ4n) is 1.79. The minimum atomic E-state index is -3.45. The Labute approximate surface area is 124 Å². The van der Waals surface area contributed by atoms with E-state index in [1.807, 2.05) is 6.07 Å². The number of hydrogen-bond donors (Lipinski definition) is 2. The summed E-state index contributed by atoms with van der Waals surface area (Å²) in [6.07, 6.45) is 2.05. The Morgan fingerprint density at radius 2 is 2.14 bits per heavy atom. The summed E-state index contributed by atoms with van der Waals surface area (Å²) in [5.74, 6) is -0.222. The molecular weight excluding hydrogens is 290 g/mol. The molecule has 0 atom stereocenters. The molecule has 112 valence electrons. The first-order valence-electron chi connectivity index (χ1n) is 6.74. The van der Waals surface area contributed by atoms with Crippen LogP contribution >= 0.6 is 0 Å². The average molecular weight is 307 g/mol. The van der Waals surface area contributed by atoms with Gasteiger partial charge in [0.1, 0.15) is 0 Å². The van der Waals surface area contributed by atoms with E-state index in [1.54, 1.807) is 12.1 Å². The van der Waals surface area contributed by atoms with Crippen LogP contribution in [0.1, 0.15) is 18.4 Å². The monoisotopic (exact) mass is 307 g/mol. The van der Waals surface area contributed by atoms with Crippen LogP contribution in [0.4, 0.5) is 0 Å². The molecule has 0 saturated heterocycles. The molecule has 6 nitrogen and oxygen atoms in total. The van der Waals surface area contributed by atoms with Gasteiger partial charge >= 0.3 is 0 Å². The van der Waals surface area contributed by atoms with Crippen LogP contribution in [0.15, 0.2) is 29.2 Å². The maximum Gasteiger partial charge on any atom is 0.234 e. The molecule has 2 N–H and O–H groups in total. The molecule has 0 bridgehead atoms. The molecule has 1 saturated carbocycles. The van der Waals surface area contributed by atoms with Crippen molar-refractivity contribution >= 4 is 15.7 Å². The van der Waals surface area contributed by atoms with Crippen molar-refractivity contribution in [2.75, 3.05) is 18.8 Å². The summed E-state index contributed by atoms with van der Waals surface area (Å²) in [6, 6.07) is 8.14. The van der Waals surface area contributed by atoms with Crippen molar-refractivity contribution in [3.8, 4) is 6.07 Å². The second-order valence-electron chi connectivity index (χ2n) is 4.98. The summed E-state index contributed by atoms with van der Waals surface area (Å²) in [6.45, 7) is 0.307. The van der Waals surface area contributed by atoms with E-state index in [9.17, 15) is 13.2 Å². The molecule has 0 aliphatic heterocycles. The summed E-state index contributed by atoms with van der Waals surface area (Å²) >= 11 is 0. The number of benzene rings is 1. The molecule has 2 rings (SSSR count). The van der Waals surface area contributed by atoms with E-state index in [0.717, 1.165) is 12.8 Å². The van der Waals surface area contributed by atoms with E-state index >= 15 is 0 Å². The van der Waals surface area contributed by atoms with E-state index in [-0.39, 0.29) is 29.6 Å². The van der Waals surface area contributed by atoms with Crippen LogP contribution in [-0.2, 0) is 14.6 Å². The van der Waals surface area contributed by atoms with Gasteiger partial charge in [-0.05, 0) is 31.0 Å². The Morgan fingerprint density at radius 3 is 2.81 bits per heavy atom. The van der Waals surface area contributed by atoms with Crippen molar-refractivity contribution in [1.82, 2.24) is 10.6 Å². The lowest BCUT2D eigenvalue weighted by molar-refractivity contribution is -0.120. The molecule has 1 aromatic carbocycles. The second-order valence-corrected chi connectivity index (χ2v) is 7.09. The van der Waals surface area contributed by atoms with Crippen molar-refractivity contribution in [2.24, 2.45) is 0 Å². The highest BCUT2D eigenvalue weighted by atomic mass is 32.2. The SMILES string of the molecule is N#Cc1cccc(S(=O)(=O)CCNCC(=O)NC2CC2)c1. The van der Waals surface area contributed by atoms with Crippen LogP contribution in [0.5, 0.6) is 0 Å². The number of carbonyl (C=O) groups excluding carboxylic acids is 1. The number of carbonyl (C=O) groups is 1. The molecule has 1 fully saturated rings. The van der Waals surface area contributed by atoms with Crippen LogP contribution in [0.25, 0.3) is 0 Å². The Hall–Kier alpha value is -1.91. The van der Waals surface area contributed by atoms with Crippen LogP contribution < -0.4 is 10.6 Å². The number of sulfone groups is 1. The number of nitrogens with one attached hydrogen (secondary N) is 2. The molecule has 0 spiro atoms. The smallest absolute Gasteiger partial charge is 0.234 e. The Bertz CT molecular complexity index is 660. The zero-order chi connectivity index (χ0) is 15.3. The fraction of sp³-hybridized carbons (Fsp3) is 0.429. The number of amides is 1. The Morgan fingerprint density at radius 1 is 1.38 bits per heavy atom. The standard InChI is InChI=1S/C14H17N3O3S/c15-9-11-2-1-3-13(8-11)21(19,20)7-6-16-10-14(18)17-12-4-5-12/h1-3,8,12,16H,4-7,10H2,(H,17,18). The van der Waals surface area contributed by atoms with Gasteiger partial charge in [0.15, 0.2) is 9.84 Å². The molecule has 0 radical (unpaired) electrons. The summed E-state index contributed by atoms with van der Waals surface area (Å²) in [5.41, 5.74) is 0.313. The molecule has 0 aromatic heterocycles. The van der Waals surface area contributed by atoms with E-state index in [1.165, 1.54) is 12.1 Å².